The van der Waals surface area contributed by atoms with Gasteiger partial charge >= 0.3 is 0 Å². The van der Waals surface area contributed by atoms with E-state index < -0.39 is 16.1 Å². The zero-order valence-corrected chi connectivity index (χ0v) is 16.5. The number of sulfonamides is 1. The van der Waals surface area contributed by atoms with E-state index in [1.807, 2.05) is 30.3 Å². The number of piperazine rings is 1. The smallest absolute Gasteiger partial charge is 0.218 e. The second kappa shape index (κ2) is 9.95. The van der Waals surface area contributed by atoms with E-state index in [0.717, 1.165) is 25.0 Å². The van der Waals surface area contributed by atoms with Gasteiger partial charge in [0.25, 0.3) is 0 Å². The van der Waals surface area contributed by atoms with E-state index in [9.17, 15) is 13.5 Å². The fourth-order valence-electron chi connectivity index (χ4n) is 3.53. The summed E-state index contributed by atoms with van der Waals surface area (Å²) in [5.41, 5.74) is 0.804. The summed E-state index contributed by atoms with van der Waals surface area (Å²) in [4.78, 5) is 2.09. The number of ether oxygens (including phenoxy) is 2. The molecule has 27 heavy (non-hydrogen) atoms. The normalized spacial score (nSPS) is 23.5. The van der Waals surface area contributed by atoms with Crippen LogP contribution in [-0.4, -0.2) is 87.5 Å². The van der Waals surface area contributed by atoms with Gasteiger partial charge in [0.15, 0.2) is 0 Å². The first kappa shape index (κ1) is 20.7. The number of aliphatic hydroxyl groups excluding tert-OH is 1. The molecule has 8 heteroatoms. The summed E-state index contributed by atoms with van der Waals surface area (Å²) in [6, 6.07) is 9.25. The van der Waals surface area contributed by atoms with E-state index >= 15 is 0 Å². The van der Waals surface area contributed by atoms with Crippen molar-refractivity contribution < 1.29 is 23.0 Å². The molecule has 1 N–H and O–H groups in total. The molecule has 0 aromatic heterocycles. The predicted octanol–water partition coefficient (Wildman–Crippen LogP) is 0.691. The summed E-state index contributed by atoms with van der Waals surface area (Å²) in [5, 5.41) is 10.2. The molecule has 3 rings (SSSR count). The van der Waals surface area contributed by atoms with E-state index in [1.165, 1.54) is 0 Å². The molecule has 0 saturated carbocycles. The summed E-state index contributed by atoms with van der Waals surface area (Å²) in [6.07, 6.45) is 1.69. The lowest BCUT2D eigenvalue weighted by molar-refractivity contribution is -0.0270. The number of rotatable bonds is 9. The third-order valence-corrected chi connectivity index (χ3v) is 6.87. The van der Waals surface area contributed by atoms with Gasteiger partial charge < -0.3 is 14.6 Å². The molecule has 1 aromatic rings. The first-order valence-electron chi connectivity index (χ1n) is 9.64. The van der Waals surface area contributed by atoms with Crippen LogP contribution in [-0.2, 0) is 25.2 Å². The molecular formula is C19H30N2O5S. The molecule has 0 radical (unpaired) electrons. The molecule has 1 aromatic carbocycles. The molecule has 0 bridgehead atoms. The summed E-state index contributed by atoms with van der Waals surface area (Å²) >= 11 is 0. The molecule has 152 valence electrons. The maximum absolute atomic E-state index is 12.6. The number of hydrogen-bond acceptors (Lipinski definition) is 6. The SMILES string of the molecule is O=S(=O)(Cc1ccccc1)N1CCN(C[C@H](O)COC[C@H]2CCCO2)CC1. The van der Waals surface area contributed by atoms with Crippen molar-refractivity contribution in [1.29, 1.82) is 0 Å². The fourth-order valence-corrected chi connectivity index (χ4v) is 5.04. The molecule has 2 heterocycles. The Kier molecular flexibility index (Phi) is 7.63. The predicted molar refractivity (Wildman–Crippen MR) is 103 cm³/mol. The van der Waals surface area contributed by atoms with Crippen molar-refractivity contribution in [2.75, 3.05) is 52.5 Å². The lowest BCUT2D eigenvalue weighted by Gasteiger charge is -2.34. The van der Waals surface area contributed by atoms with Crippen LogP contribution in [0.1, 0.15) is 18.4 Å². The van der Waals surface area contributed by atoms with Crippen molar-refractivity contribution in [2.45, 2.75) is 30.8 Å². The average molecular weight is 399 g/mol. The van der Waals surface area contributed by atoms with Crippen molar-refractivity contribution in [1.82, 2.24) is 9.21 Å². The van der Waals surface area contributed by atoms with Crippen LogP contribution in [0.25, 0.3) is 0 Å². The maximum Gasteiger partial charge on any atom is 0.218 e. The number of aliphatic hydroxyl groups is 1. The lowest BCUT2D eigenvalue weighted by atomic mass is 10.2. The van der Waals surface area contributed by atoms with Crippen molar-refractivity contribution in [3.63, 3.8) is 0 Å². The molecule has 7 nitrogen and oxygen atoms in total. The third kappa shape index (κ3) is 6.51. The van der Waals surface area contributed by atoms with Gasteiger partial charge in [-0.25, -0.2) is 8.42 Å². The van der Waals surface area contributed by atoms with Crippen LogP contribution in [0.2, 0.25) is 0 Å². The van der Waals surface area contributed by atoms with Gasteiger partial charge in [-0.15, -0.1) is 0 Å². The Hall–Kier alpha value is -1.03. The van der Waals surface area contributed by atoms with Gasteiger partial charge in [0.05, 0.1) is 31.2 Å². The molecule has 2 atom stereocenters. The summed E-state index contributed by atoms with van der Waals surface area (Å²) < 4.78 is 37.8. The highest BCUT2D eigenvalue weighted by Crippen LogP contribution is 2.14. The quantitative estimate of drug-likeness (QED) is 0.659. The molecule has 0 aliphatic carbocycles. The first-order chi connectivity index (χ1) is 13.0. The Labute approximate surface area is 161 Å². The van der Waals surface area contributed by atoms with Crippen molar-refractivity contribution >= 4 is 10.0 Å². The minimum atomic E-state index is -3.31. The summed E-state index contributed by atoms with van der Waals surface area (Å²) in [5.74, 6) is 0.0353. The van der Waals surface area contributed by atoms with Gasteiger partial charge in [-0.05, 0) is 18.4 Å². The van der Waals surface area contributed by atoms with Crippen molar-refractivity contribution in [3.8, 4) is 0 Å². The zero-order chi connectivity index (χ0) is 19.1. The van der Waals surface area contributed by atoms with Crippen LogP contribution in [0.5, 0.6) is 0 Å². The van der Waals surface area contributed by atoms with Crippen LogP contribution >= 0.6 is 0 Å². The maximum atomic E-state index is 12.6. The van der Waals surface area contributed by atoms with Gasteiger partial charge in [0.2, 0.25) is 10.0 Å². The highest BCUT2D eigenvalue weighted by molar-refractivity contribution is 7.88. The summed E-state index contributed by atoms with van der Waals surface area (Å²) in [6.45, 7) is 4.27. The third-order valence-electron chi connectivity index (χ3n) is 5.02. The Morgan fingerprint density at radius 2 is 1.93 bits per heavy atom. The van der Waals surface area contributed by atoms with Gasteiger partial charge in [-0.2, -0.15) is 4.31 Å². The zero-order valence-electron chi connectivity index (χ0n) is 15.7. The van der Waals surface area contributed by atoms with Crippen molar-refractivity contribution in [2.24, 2.45) is 0 Å². The minimum absolute atomic E-state index is 0.0353. The monoisotopic (exact) mass is 398 g/mol. The highest BCUT2D eigenvalue weighted by atomic mass is 32.2. The van der Waals surface area contributed by atoms with Crippen LogP contribution in [0.15, 0.2) is 30.3 Å². The Bertz CT molecular complexity index is 656. The molecular weight excluding hydrogens is 368 g/mol. The van der Waals surface area contributed by atoms with E-state index in [0.29, 0.717) is 39.3 Å². The van der Waals surface area contributed by atoms with E-state index in [2.05, 4.69) is 4.90 Å². The van der Waals surface area contributed by atoms with Crippen LogP contribution in [0, 0.1) is 0 Å². The number of hydrogen-bond donors (Lipinski definition) is 1. The number of β-amino-alcohol motifs (C(OH)–C–C–N with tert-alkyl or cyclic N) is 1. The average Bonchev–Trinajstić information content (AvgIpc) is 3.16. The Morgan fingerprint density at radius 3 is 2.59 bits per heavy atom. The fraction of sp³-hybridized carbons (Fsp3) is 0.684. The van der Waals surface area contributed by atoms with Gasteiger partial charge in [0.1, 0.15) is 0 Å². The molecule has 2 aliphatic rings. The Morgan fingerprint density at radius 1 is 1.19 bits per heavy atom. The first-order valence-corrected chi connectivity index (χ1v) is 11.3. The highest BCUT2D eigenvalue weighted by Gasteiger charge is 2.28. The number of nitrogens with zero attached hydrogens (tertiary/aromatic N) is 2. The largest absolute Gasteiger partial charge is 0.389 e. The standard InChI is InChI=1S/C19H30N2O5S/c22-18(14-25-15-19-7-4-12-26-19)13-20-8-10-21(11-9-20)27(23,24)16-17-5-2-1-3-6-17/h1-3,5-6,18-19,22H,4,7-16H2/t18-,19+/m0/s1. The molecule has 0 amide bonds. The minimum Gasteiger partial charge on any atom is -0.389 e. The lowest BCUT2D eigenvalue weighted by Crippen LogP contribution is -2.51. The van der Waals surface area contributed by atoms with E-state index in [1.54, 1.807) is 4.31 Å². The van der Waals surface area contributed by atoms with Gasteiger partial charge in [-0.1, -0.05) is 30.3 Å². The number of benzene rings is 1. The molecule has 2 fully saturated rings. The van der Waals surface area contributed by atoms with Gasteiger partial charge in [0, 0.05) is 39.3 Å². The molecule has 0 spiro atoms. The van der Waals surface area contributed by atoms with Crippen LogP contribution < -0.4 is 0 Å². The topological polar surface area (TPSA) is 79.3 Å². The Balaban J connectivity index is 1.36. The summed E-state index contributed by atoms with van der Waals surface area (Å²) in [7, 11) is -3.31. The van der Waals surface area contributed by atoms with Crippen molar-refractivity contribution in [3.05, 3.63) is 35.9 Å². The molecule has 0 unspecified atom stereocenters. The molecule has 2 saturated heterocycles. The van der Waals surface area contributed by atoms with Gasteiger partial charge in [-0.3, -0.25) is 4.90 Å². The van der Waals surface area contributed by atoms with E-state index in [-0.39, 0.29) is 18.5 Å². The van der Waals surface area contributed by atoms with Crippen LogP contribution in [0.4, 0.5) is 0 Å². The second-order valence-corrected chi connectivity index (χ2v) is 9.24. The van der Waals surface area contributed by atoms with E-state index in [4.69, 9.17) is 9.47 Å². The molecule has 2 aliphatic heterocycles. The second-order valence-electron chi connectivity index (χ2n) is 7.27. The van der Waals surface area contributed by atoms with Crippen LogP contribution in [0.3, 0.4) is 0 Å².